The van der Waals surface area contributed by atoms with Crippen LogP contribution in [0.3, 0.4) is 0 Å². The lowest BCUT2D eigenvalue weighted by molar-refractivity contribution is -0.138. The van der Waals surface area contributed by atoms with E-state index in [0.29, 0.717) is 0 Å². The van der Waals surface area contributed by atoms with Gasteiger partial charge in [0.2, 0.25) is 0 Å². The third kappa shape index (κ3) is 2.31. The van der Waals surface area contributed by atoms with E-state index >= 15 is 0 Å². The van der Waals surface area contributed by atoms with Crippen LogP contribution >= 0.6 is 11.6 Å². The Kier molecular flexibility index (Phi) is 3.57. The molecule has 0 saturated carbocycles. The maximum absolute atomic E-state index is 13.6. The normalized spacial score (nSPS) is 12.3. The Balaban J connectivity index is 3.79. The standard InChI is InChI=1S/C10H9ClF5N/c1-3(2)4-5(10(14,15)16)6(11)8(13)9(17)7(4)12/h3H,17H2,1-2H3. The van der Waals surface area contributed by atoms with Crippen molar-refractivity contribution in [2.24, 2.45) is 0 Å². The molecule has 1 aromatic rings. The molecule has 0 aliphatic rings. The highest BCUT2D eigenvalue weighted by atomic mass is 35.5. The summed E-state index contributed by atoms with van der Waals surface area (Å²) in [6, 6.07) is 0. The average Bonchev–Trinajstić information content (AvgIpc) is 2.17. The van der Waals surface area contributed by atoms with Crippen LogP contribution in [0.4, 0.5) is 27.6 Å². The van der Waals surface area contributed by atoms with Gasteiger partial charge in [0.05, 0.1) is 10.6 Å². The summed E-state index contributed by atoms with van der Waals surface area (Å²) in [6.07, 6.45) is -4.94. The second kappa shape index (κ2) is 4.33. The molecule has 1 aromatic carbocycles. The second-order valence-corrected chi connectivity index (χ2v) is 4.17. The zero-order chi connectivity index (χ0) is 13.5. The van der Waals surface area contributed by atoms with E-state index in [2.05, 4.69) is 0 Å². The summed E-state index contributed by atoms with van der Waals surface area (Å²) in [4.78, 5) is 0. The van der Waals surface area contributed by atoms with Crippen LogP contribution in [0.15, 0.2) is 0 Å². The summed E-state index contributed by atoms with van der Waals surface area (Å²) < 4.78 is 64.9. The van der Waals surface area contributed by atoms with Crippen LogP contribution in [0.1, 0.15) is 30.9 Å². The van der Waals surface area contributed by atoms with Crippen molar-refractivity contribution in [3.05, 3.63) is 27.8 Å². The van der Waals surface area contributed by atoms with Crippen molar-refractivity contribution >= 4 is 17.3 Å². The van der Waals surface area contributed by atoms with E-state index in [1.54, 1.807) is 0 Å². The summed E-state index contributed by atoms with van der Waals surface area (Å²) in [6.45, 7) is 2.67. The predicted molar refractivity (Wildman–Crippen MR) is 54.9 cm³/mol. The zero-order valence-electron chi connectivity index (χ0n) is 8.92. The zero-order valence-corrected chi connectivity index (χ0v) is 9.68. The molecule has 0 atom stereocenters. The highest BCUT2D eigenvalue weighted by Gasteiger charge is 2.40. The molecule has 1 rings (SSSR count). The number of hydrogen-bond donors (Lipinski definition) is 1. The molecule has 0 radical (unpaired) electrons. The molecule has 0 spiro atoms. The molecule has 0 aliphatic heterocycles. The van der Waals surface area contributed by atoms with Crippen LogP contribution in [0.5, 0.6) is 0 Å². The summed E-state index contributed by atoms with van der Waals surface area (Å²) in [5.41, 5.74) is 1.82. The van der Waals surface area contributed by atoms with Crippen molar-refractivity contribution in [3.8, 4) is 0 Å². The first-order valence-corrected chi connectivity index (χ1v) is 4.99. The van der Waals surface area contributed by atoms with Gasteiger partial charge in [-0.1, -0.05) is 25.4 Å². The van der Waals surface area contributed by atoms with Gasteiger partial charge in [-0.3, -0.25) is 0 Å². The van der Waals surface area contributed by atoms with E-state index < -0.39 is 45.6 Å². The molecule has 2 N–H and O–H groups in total. The maximum atomic E-state index is 13.6. The molecule has 0 aromatic heterocycles. The van der Waals surface area contributed by atoms with Gasteiger partial charge in [0, 0.05) is 5.56 Å². The quantitative estimate of drug-likeness (QED) is 0.460. The fourth-order valence-corrected chi connectivity index (χ4v) is 1.83. The minimum Gasteiger partial charge on any atom is -0.394 e. The lowest BCUT2D eigenvalue weighted by atomic mass is 9.95. The molecule has 1 nitrogen and oxygen atoms in total. The Bertz CT molecular complexity index is 453. The summed E-state index contributed by atoms with van der Waals surface area (Å²) in [7, 11) is 0. The van der Waals surface area contributed by atoms with Crippen molar-refractivity contribution in [3.63, 3.8) is 0 Å². The number of anilines is 1. The first-order valence-electron chi connectivity index (χ1n) is 4.62. The van der Waals surface area contributed by atoms with Crippen LogP contribution in [0.2, 0.25) is 5.02 Å². The monoisotopic (exact) mass is 273 g/mol. The first kappa shape index (κ1) is 14.0. The largest absolute Gasteiger partial charge is 0.418 e. The molecule has 0 heterocycles. The molecule has 0 aliphatic carbocycles. The van der Waals surface area contributed by atoms with Gasteiger partial charge in [-0.15, -0.1) is 0 Å². The molecule has 0 saturated heterocycles. The van der Waals surface area contributed by atoms with Gasteiger partial charge < -0.3 is 5.73 Å². The molecule has 0 fully saturated rings. The SMILES string of the molecule is CC(C)c1c(F)c(N)c(F)c(Cl)c1C(F)(F)F. The number of rotatable bonds is 1. The molecule has 0 unspecified atom stereocenters. The van der Waals surface area contributed by atoms with Crippen LogP contribution < -0.4 is 5.73 Å². The highest BCUT2D eigenvalue weighted by Crippen LogP contribution is 2.44. The lowest BCUT2D eigenvalue weighted by Gasteiger charge is -2.19. The van der Waals surface area contributed by atoms with Gasteiger partial charge in [0.25, 0.3) is 0 Å². The molecule has 0 amide bonds. The molecule has 0 bridgehead atoms. The Morgan fingerprint density at radius 2 is 1.59 bits per heavy atom. The number of alkyl halides is 3. The number of benzene rings is 1. The number of nitrogens with two attached hydrogens (primary N) is 1. The summed E-state index contributed by atoms with van der Waals surface area (Å²) >= 11 is 5.26. The third-order valence-electron chi connectivity index (χ3n) is 2.25. The summed E-state index contributed by atoms with van der Waals surface area (Å²) in [5.74, 6) is -3.82. The van der Waals surface area contributed by atoms with E-state index in [1.807, 2.05) is 0 Å². The fraction of sp³-hybridized carbons (Fsp3) is 0.400. The second-order valence-electron chi connectivity index (χ2n) is 3.80. The van der Waals surface area contributed by atoms with Gasteiger partial charge >= 0.3 is 6.18 Å². The van der Waals surface area contributed by atoms with E-state index in [9.17, 15) is 22.0 Å². The smallest absolute Gasteiger partial charge is 0.394 e. The van der Waals surface area contributed by atoms with Gasteiger partial charge in [0.15, 0.2) is 11.6 Å². The van der Waals surface area contributed by atoms with Gasteiger partial charge in [-0.2, -0.15) is 13.2 Å². The molecular weight excluding hydrogens is 265 g/mol. The lowest BCUT2D eigenvalue weighted by Crippen LogP contribution is -2.16. The fourth-order valence-electron chi connectivity index (χ4n) is 1.52. The summed E-state index contributed by atoms with van der Waals surface area (Å²) in [5, 5.41) is -1.19. The van der Waals surface area contributed by atoms with Crippen LogP contribution in [-0.2, 0) is 6.18 Å². The Morgan fingerprint density at radius 1 is 1.12 bits per heavy atom. The van der Waals surface area contributed by atoms with E-state index in [4.69, 9.17) is 17.3 Å². The molecule has 7 heteroatoms. The number of halogens is 6. The van der Waals surface area contributed by atoms with E-state index in [1.165, 1.54) is 13.8 Å². The van der Waals surface area contributed by atoms with Gasteiger partial charge in [0.1, 0.15) is 5.69 Å². The van der Waals surface area contributed by atoms with Crippen molar-refractivity contribution < 1.29 is 22.0 Å². The Morgan fingerprint density at radius 3 is 1.94 bits per heavy atom. The maximum Gasteiger partial charge on any atom is 0.418 e. The molecule has 17 heavy (non-hydrogen) atoms. The highest BCUT2D eigenvalue weighted by molar-refractivity contribution is 6.32. The minimum atomic E-state index is -4.94. The molecular formula is C10H9ClF5N. The topological polar surface area (TPSA) is 26.0 Å². The Labute approximate surface area is 99.4 Å². The first-order chi connectivity index (χ1) is 7.59. The third-order valence-corrected chi connectivity index (χ3v) is 2.61. The van der Waals surface area contributed by atoms with Crippen molar-refractivity contribution in [1.29, 1.82) is 0 Å². The average molecular weight is 274 g/mol. The van der Waals surface area contributed by atoms with Crippen molar-refractivity contribution in [2.45, 2.75) is 25.9 Å². The van der Waals surface area contributed by atoms with E-state index in [-0.39, 0.29) is 0 Å². The minimum absolute atomic E-state index is 0.721. The van der Waals surface area contributed by atoms with Crippen molar-refractivity contribution in [1.82, 2.24) is 0 Å². The Hall–Kier alpha value is -1.04. The van der Waals surface area contributed by atoms with Crippen LogP contribution in [-0.4, -0.2) is 0 Å². The number of nitrogen functional groups attached to an aromatic ring is 1. The van der Waals surface area contributed by atoms with Crippen LogP contribution in [0.25, 0.3) is 0 Å². The van der Waals surface area contributed by atoms with E-state index in [0.717, 1.165) is 0 Å². The van der Waals surface area contributed by atoms with Gasteiger partial charge in [-0.05, 0) is 5.92 Å². The van der Waals surface area contributed by atoms with Gasteiger partial charge in [-0.25, -0.2) is 8.78 Å². The molecule has 96 valence electrons. The van der Waals surface area contributed by atoms with Crippen molar-refractivity contribution in [2.75, 3.05) is 5.73 Å². The predicted octanol–water partition coefficient (Wildman–Crippen LogP) is 4.34. The number of hydrogen-bond acceptors (Lipinski definition) is 1. The van der Waals surface area contributed by atoms with Crippen LogP contribution in [0, 0.1) is 11.6 Å².